The Hall–Kier alpha value is -0.130. The molecule has 1 N–H and O–H groups in total. The molecule has 1 fully saturated rings. The topological polar surface area (TPSA) is 15.3 Å². The summed E-state index contributed by atoms with van der Waals surface area (Å²) in [7, 11) is 0. The lowest BCUT2D eigenvalue weighted by molar-refractivity contribution is 0.117. The lowest BCUT2D eigenvalue weighted by Gasteiger charge is -2.40. The third-order valence-corrected chi connectivity index (χ3v) is 4.60. The Morgan fingerprint density at radius 2 is 1.94 bits per heavy atom. The third-order valence-electron chi connectivity index (χ3n) is 3.88. The predicted molar refractivity (Wildman–Crippen MR) is 85.7 cm³/mol. The van der Waals surface area contributed by atoms with Crippen LogP contribution >= 0.6 is 22.6 Å². The monoisotopic (exact) mass is 358 g/mol. The van der Waals surface area contributed by atoms with Crippen LogP contribution in [0, 0.1) is 3.57 Å². The van der Waals surface area contributed by atoms with Gasteiger partial charge in [0.1, 0.15) is 0 Å². The van der Waals surface area contributed by atoms with Crippen molar-refractivity contribution in [3.63, 3.8) is 0 Å². The molecule has 18 heavy (non-hydrogen) atoms. The maximum Gasteiger partial charge on any atom is 0.0237 e. The average molecular weight is 358 g/mol. The molecule has 0 saturated carbocycles. The molecule has 2 nitrogen and oxygen atoms in total. The van der Waals surface area contributed by atoms with E-state index in [2.05, 4.69) is 70.9 Å². The zero-order valence-electron chi connectivity index (χ0n) is 11.3. The van der Waals surface area contributed by atoms with Gasteiger partial charge in [0.2, 0.25) is 0 Å². The van der Waals surface area contributed by atoms with Crippen molar-refractivity contribution in [1.82, 2.24) is 10.2 Å². The van der Waals surface area contributed by atoms with E-state index in [0.29, 0.717) is 12.1 Å². The molecule has 0 amide bonds. The van der Waals surface area contributed by atoms with Gasteiger partial charge in [0, 0.05) is 35.3 Å². The average Bonchev–Trinajstić information content (AvgIpc) is 2.41. The van der Waals surface area contributed by atoms with Crippen molar-refractivity contribution < 1.29 is 0 Å². The Morgan fingerprint density at radius 3 is 2.56 bits per heavy atom. The number of halogens is 1. The highest BCUT2D eigenvalue weighted by Gasteiger charge is 2.25. The van der Waals surface area contributed by atoms with Gasteiger partial charge >= 0.3 is 0 Å². The largest absolute Gasteiger partial charge is 0.311 e. The fourth-order valence-electron chi connectivity index (χ4n) is 2.62. The molecule has 0 bridgehead atoms. The summed E-state index contributed by atoms with van der Waals surface area (Å²) in [6.45, 7) is 7.97. The van der Waals surface area contributed by atoms with Gasteiger partial charge in [-0.25, -0.2) is 0 Å². The van der Waals surface area contributed by atoms with Gasteiger partial charge in [0.05, 0.1) is 0 Å². The van der Waals surface area contributed by atoms with Gasteiger partial charge in [0.15, 0.2) is 0 Å². The van der Waals surface area contributed by atoms with Crippen molar-refractivity contribution in [3.8, 4) is 0 Å². The van der Waals surface area contributed by atoms with Gasteiger partial charge in [0.25, 0.3) is 0 Å². The lowest BCUT2D eigenvalue weighted by atomic mass is 10.0. The van der Waals surface area contributed by atoms with E-state index in [9.17, 15) is 0 Å². The summed E-state index contributed by atoms with van der Waals surface area (Å²) in [6.07, 6.45) is 2.45. The second kappa shape index (κ2) is 6.87. The van der Waals surface area contributed by atoms with Crippen LogP contribution in [-0.4, -0.2) is 30.1 Å². The highest BCUT2D eigenvalue weighted by molar-refractivity contribution is 14.1. The van der Waals surface area contributed by atoms with Gasteiger partial charge in [-0.3, -0.25) is 4.90 Å². The maximum atomic E-state index is 3.65. The van der Waals surface area contributed by atoms with E-state index in [4.69, 9.17) is 0 Å². The van der Waals surface area contributed by atoms with E-state index < -0.39 is 0 Å². The first-order valence-corrected chi connectivity index (χ1v) is 8.02. The van der Waals surface area contributed by atoms with Crippen molar-refractivity contribution in [3.05, 3.63) is 33.4 Å². The van der Waals surface area contributed by atoms with E-state index in [1.165, 1.54) is 28.5 Å². The molecule has 1 aromatic carbocycles. The fourth-order valence-corrected chi connectivity index (χ4v) is 2.98. The van der Waals surface area contributed by atoms with Crippen LogP contribution in [0.25, 0.3) is 0 Å². The van der Waals surface area contributed by atoms with Crippen LogP contribution in [0.1, 0.15) is 32.3 Å². The summed E-state index contributed by atoms with van der Waals surface area (Å²) in [5, 5.41) is 3.65. The number of rotatable bonds is 4. The van der Waals surface area contributed by atoms with Gasteiger partial charge in [-0.15, -0.1) is 0 Å². The Morgan fingerprint density at radius 1 is 1.22 bits per heavy atom. The molecule has 1 aliphatic rings. The zero-order valence-corrected chi connectivity index (χ0v) is 13.5. The van der Waals surface area contributed by atoms with Gasteiger partial charge < -0.3 is 5.32 Å². The number of benzene rings is 1. The van der Waals surface area contributed by atoms with Crippen LogP contribution in [-0.2, 0) is 6.54 Å². The molecule has 0 aliphatic carbocycles. The van der Waals surface area contributed by atoms with E-state index >= 15 is 0 Å². The number of nitrogens with zero attached hydrogens (tertiary/aromatic N) is 1. The minimum atomic E-state index is 0.664. The van der Waals surface area contributed by atoms with Crippen molar-refractivity contribution in [2.45, 2.75) is 45.3 Å². The smallest absolute Gasteiger partial charge is 0.0237 e. The first-order chi connectivity index (χ1) is 8.72. The summed E-state index contributed by atoms with van der Waals surface area (Å²) >= 11 is 2.36. The SMILES string of the molecule is CCC1CN(Cc2ccc(I)cc2)C(CC)CN1. The normalized spacial score (nSPS) is 25.3. The number of hydrogen-bond donors (Lipinski definition) is 1. The lowest BCUT2D eigenvalue weighted by Crippen LogP contribution is -2.55. The minimum Gasteiger partial charge on any atom is -0.311 e. The van der Waals surface area contributed by atoms with Gasteiger partial charge in [-0.2, -0.15) is 0 Å². The molecule has 100 valence electrons. The van der Waals surface area contributed by atoms with Gasteiger partial charge in [-0.05, 0) is 53.1 Å². The van der Waals surface area contributed by atoms with Crippen LogP contribution in [0.15, 0.2) is 24.3 Å². The molecule has 1 heterocycles. The minimum absolute atomic E-state index is 0.664. The summed E-state index contributed by atoms with van der Waals surface area (Å²) in [6, 6.07) is 10.3. The molecule has 2 atom stereocenters. The van der Waals surface area contributed by atoms with Crippen LogP contribution in [0.2, 0.25) is 0 Å². The number of nitrogens with one attached hydrogen (secondary N) is 1. The molecule has 0 aromatic heterocycles. The Labute approximate surface area is 124 Å². The quantitative estimate of drug-likeness (QED) is 0.832. The first-order valence-electron chi connectivity index (χ1n) is 6.94. The van der Waals surface area contributed by atoms with Crippen LogP contribution in [0.5, 0.6) is 0 Å². The molecular formula is C15H23IN2. The van der Waals surface area contributed by atoms with E-state index in [-0.39, 0.29) is 0 Å². The van der Waals surface area contributed by atoms with Crippen molar-refractivity contribution in [2.24, 2.45) is 0 Å². The summed E-state index contributed by atoms with van der Waals surface area (Å²) in [5.41, 5.74) is 1.44. The maximum absolute atomic E-state index is 3.65. The molecule has 0 radical (unpaired) electrons. The zero-order chi connectivity index (χ0) is 13.0. The molecule has 0 spiro atoms. The Kier molecular flexibility index (Phi) is 5.45. The van der Waals surface area contributed by atoms with Crippen molar-refractivity contribution in [1.29, 1.82) is 0 Å². The van der Waals surface area contributed by atoms with Crippen LogP contribution in [0.3, 0.4) is 0 Å². The highest BCUT2D eigenvalue weighted by Crippen LogP contribution is 2.16. The standard InChI is InChI=1S/C15H23IN2/c1-3-14-11-18(15(4-2)9-17-14)10-12-5-7-13(16)8-6-12/h5-8,14-15,17H,3-4,9-11H2,1-2H3. The van der Waals surface area contributed by atoms with Crippen LogP contribution < -0.4 is 5.32 Å². The summed E-state index contributed by atoms with van der Waals surface area (Å²) in [4.78, 5) is 2.65. The molecule has 1 aliphatic heterocycles. The molecule has 1 aromatic rings. The molecule has 1 saturated heterocycles. The molecule has 2 rings (SSSR count). The van der Waals surface area contributed by atoms with E-state index in [1.54, 1.807) is 0 Å². The Bertz CT molecular complexity index is 363. The molecule has 3 heteroatoms. The molecule has 2 unspecified atom stereocenters. The fraction of sp³-hybridized carbons (Fsp3) is 0.600. The number of hydrogen-bond acceptors (Lipinski definition) is 2. The Balaban J connectivity index is 2.02. The highest BCUT2D eigenvalue weighted by atomic mass is 127. The van der Waals surface area contributed by atoms with Gasteiger partial charge in [-0.1, -0.05) is 26.0 Å². The predicted octanol–water partition coefficient (Wildman–Crippen LogP) is 3.25. The number of piperazine rings is 1. The second-order valence-electron chi connectivity index (χ2n) is 5.13. The van der Waals surface area contributed by atoms with E-state index in [0.717, 1.165) is 13.1 Å². The third kappa shape index (κ3) is 3.68. The van der Waals surface area contributed by atoms with Crippen LogP contribution in [0.4, 0.5) is 0 Å². The summed E-state index contributed by atoms with van der Waals surface area (Å²) < 4.78 is 1.31. The van der Waals surface area contributed by atoms with Crippen molar-refractivity contribution in [2.75, 3.05) is 13.1 Å². The molecular weight excluding hydrogens is 335 g/mol. The summed E-state index contributed by atoms with van der Waals surface area (Å²) in [5.74, 6) is 0. The van der Waals surface area contributed by atoms with E-state index in [1.807, 2.05) is 0 Å². The van der Waals surface area contributed by atoms with Crippen molar-refractivity contribution >= 4 is 22.6 Å². The first kappa shape index (κ1) is 14.3. The second-order valence-corrected chi connectivity index (χ2v) is 6.38.